The number of nitrogens with two attached hydrogens (primary N) is 1. The normalized spacial score (nSPS) is 22.9. The zero-order chi connectivity index (χ0) is 14.9. The molecule has 110 valence electrons. The SMILES string of the molecule is CC1CCC(NS(=O)(=O)c2cc(C(N)=S)ccc2Cl)C1. The predicted octanol–water partition coefficient (Wildman–Crippen LogP) is 2.44. The molecule has 1 saturated carbocycles. The molecule has 2 atom stereocenters. The molecular formula is C13H17ClN2O2S2. The van der Waals surface area contributed by atoms with Crippen LogP contribution >= 0.6 is 23.8 Å². The highest BCUT2D eigenvalue weighted by atomic mass is 35.5. The van der Waals surface area contributed by atoms with Crippen LogP contribution in [-0.2, 0) is 10.0 Å². The molecule has 1 fully saturated rings. The van der Waals surface area contributed by atoms with Gasteiger partial charge in [-0.05, 0) is 37.3 Å². The summed E-state index contributed by atoms with van der Waals surface area (Å²) in [6.45, 7) is 2.12. The van der Waals surface area contributed by atoms with Crippen molar-refractivity contribution < 1.29 is 8.42 Å². The number of nitrogens with one attached hydrogen (secondary N) is 1. The second kappa shape index (κ2) is 5.97. The van der Waals surface area contributed by atoms with Crippen LogP contribution in [-0.4, -0.2) is 19.4 Å². The lowest BCUT2D eigenvalue weighted by atomic mass is 10.1. The van der Waals surface area contributed by atoms with Crippen molar-refractivity contribution in [1.82, 2.24) is 4.72 Å². The predicted molar refractivity (Wildman–Crippen MR) is 84.5 cm³/mol. The molecule has 0 spiro atoms. The number of rotatable bonds is 4. The van der Waals surface area contributed by atoms with Gasteiger partial charge in [-0.1, -0.05) is 36.8 Å². The number of halogens is 1. The van der Waals surface area contributed by atoms with Gasteiger partial charge in [0.15, 0.2) is 0 Å². The van der Waals surface area contributed by atoms with Crippen molar-refractivity contribution in [3.8, 4) is 0 Å². The van der Waals surface area contributed by atoms with Gasteiger partial charge >= 0.3 is 0 Å². The molecule has 0 amide bonds. The van der Waals surface area contributed by atoms with Crippen molar-refractivity contribution in [2.45, 2.75) is 37.1 Å². The maximum Gasteiger partial charge on any atom is 0.242 e. The molecule has 0 radical (unpaired) electrons. The maximum atomic E-state index is 12.4. The third kappa shape index (κ3) is 3.49. The number of benzene rings is 1. The fraction of sp³-hybridized carbons (Fsp3) is 0.462. The lowest BCUT2D eigenvalue weighted by Gasteiger charge is -2.14. The van der Waals surface area contributed by atoms with Gasteiger partial charge in [-0.25, -0.2) is 13.1 Å². The first kappa shape index (κ1) is 15.7. The maximum absolute atomic E-state index is 12.4. The topological polar surface area (TPSA) is 72.2 Å². The Balaban J connectivity index is 2.29. The average Bonchev–Trinajstić information content (AvgIpc) is 2.73. The Kier molecular flexibility index (Phi) is 4.69. The van der Waals surface area contributed by atoms with E-state index < -0.39 is 10.0 Å². The Bertz CT molecular complexity index is 631. The number of thiocarbonyl (C=S) groups is 1. The molecule has 1 aromatic carbocycles. The summed E-state index contributed by atoms with van der Waals surface area (Å²) >= 11 is 10.9. The van der Waals surface area contributed by atoms with Gasteiger partial charge in [0.1, 0.15) is 9.88 Å². The van der Waals surface area contributed by atoms with E-state index in [1.54, 1.807) is 6.07 Å². The van der Waals surface area contributed by atoms with E-state index in [4.69, 9.17) is 29.6 Å². The summed E-state index contributed by atoms with van der Waals surface area (Å²) < 4.78 is 27.5. The van der Waals surface area contributed by atoms with Gasteiger partial charge in [-0.3, -0.25) is 0 Å². The molecule has 0 bridgehead atoms. The molecule has 3 N–H and O–H groups in total. The van der Waals surface area contributed by atoms with E-state index in [0.29, 0.717) is 11.5 Å². The molecule has 2 rings (SSSR count). The van der Waals surface area contributed by atoms with Crippen LogP contribution in [0.4, 0.5) is 0 Å². The molecule has 4 nitrogen and oxygen atoms in total. The highest BCUT2D eigenvalue weighted by molar-refractivity contribution is 7.89. The van der Waals surface area contributed by atoms with E-state index in [1.807, 2.05) is 0 Å². The van der Waals surface area contributed by atoms with Gasteiger partial charge in [0.05, 0.1) is 5.02 Å². The summed E-state index contributed by atoms with van der Waals surface area (Å²) in [7, 11) is -3.65. The summed E-state index contributed by atoms with van der Waals surface area (Å²) in [5, 5.41) is 0.170. The Morgan fingerprint density at radius 1 is 1.45 bits per heavy atom. The Hall–Kier alpha value is -0.690. The van der Waals surface area contributed by atoms with E-state index in [1.165, 1.54) is 12.1 Å². The standard InChI is InChI=1S/C13H17ClN2O2S2/c1-8-2-4-10(6-8)16-20(17,18)12-7-9(13(15)19)3-5-11(12)14/h3,5,7-8,10,16H,2,4,6H2,1H3,(H2,15,19). The Labute approximate surface area is 129 Å². The minimum Gasteiger partial charge on any atom is -0.389 e. The van der Waals surface area contributed by atoms with Crippen LogP contribution in [0.5, 0.6) is 0 Å². The molecule has 0 saturated heterocycles. The molecular weight excluding hydrogens is 316 g/mol. The van der Waals surface area contributed by atoms with E-state index in [2.05, 4.69) is 11.6 Å². The summed E-state index contributed by atoms with van der Waals surface area (Å²) in [6, 6.07) is 4.51. The van der Waals surface area contributed by atoms with Crippen LogP contribution in [0.1, 0.15) is 31.7 Å². The molecule has 0 aliphatic heterocycles. The summed E-state index contributed by atoms with van der Waals surface area (Å²) in [5.74, 6) is 0.543. The van der Waals surface area contributed by atoms with Crippen molar-refractivity contribution in [1.29, 1.82) is 0 Å². The van der Waals surface area contributed by atoms with Crippen LogP contribution in [0.15, 0.2) is 23.1 Å². The molecule has 7 heteroatoms. The summed E-state index contributed by atoms with van der Waals surface area (Å²) in [4.78, 5) is 0.177. The zero-order valence-corrected chi connectivity index (χ0v) is 13.5. The second-order valence-electron chi connectivity index (χ2n) is 5.25. The van der Waals surface area contributed by atoms with Crippen LogP contribution in [0, 0.1) is 5.92 Å². The molecule has 0 heterocycles. The average molecular weight is 333 g/mol. The van der Waals surface area contributed by atoms with E-state index in [9.17, 15) is 8.42 Å². The highest BCUT2D eigenvalue weighted by Crippen LogP contribution is 2.28. The first-order chi connectivity index (χ1) is 9.29. The van der Waals surface area contributed by atoms with Crippen molar-refractivity contribution in [3.63, 3.8) is 0 Å². The molecule has 1 aromatic rings. The lowest BCUT2D eigenvalue weighted by molar-refractivity contribution is 0.538. The van der Waals surface area contributed by atoms with Crippen LogP contribution in [0.3, 0.4) is 0 Å². The monoisotopic (exact) mass is 332 g/mol. The van der Waals surface area contributed by atoms with Gasteiger partial charge in [-0.2, -0.15) is 0 Å². The zero-order valence-electron chi connectivity index (χ0n) is 11.1. The van der Waals surface area contributed by atoms with Crippen LogP contribution in [0.2, 0.25) is 5.02 Å². The van der Waals surface area contributed by atoms with E-state index >= 15 is 0 Å². The number of sulfonamides is 1. The summed E-state index contributed by atoms with van der Waals surface area (Å²) in [6.07, 6.45) is 2.74. The van der Waals surface area contributed by atoms with Gasteiger partial charge in [0.2, 0.25) is 10.0 Å². The Morgan fingerprint density at radius 2 is 2.15 bits per heavy atom. The van der Waals surface area contributed by atoms with Crippen molar-refractivity contribution in [2.75, 3.05) is 0 Å². The Morgan fingerprint density at radius 3 is 2.70 bits per heavy atom. The minimum atomic E-state index is -3.65. The lowest BCUT2D eigenvalue weighted by Crippen LogP contribution is -2.33. The van der Waals surface area contributed by atoms with Gasteiger partial charge in [0.25, 0.3) is 0 Å². The van der Waals surface area contributed by atoms with E-state index in [0.717, 1.165) is 19.3 Å². The third-order valence-corrected chi connectivity index (χ3v) is 5.76. The minimum absolute atomic E-state index is 0.0282. The molecule has 20 heavy (non-hydrogen) atoms. The molecule has 1 aliphatic carbocycles. The molecule has 1 aliphatic rings. The smallest absolute Gasteiger partial charge is 0.242 e. The first-order valence-electron chi connectivity index (χ1n) is 6.41. The van der Waals surface area contributed by atoms with Crippen molar-refractivity contribution in [3.05, 3.63) is 28.8 Å². The number of hydrogen-bond donors (Lipinski definition) is 2. The fourth-order valence-electron chi connectivity index (χ4n) is 2.46. The second-order valence-corrected chi connectivity index (χ2v) is 7.78. The van der Waals surface area contributed by atoms with Gasteiger partial charge in [-0.15, -0.1) is 0 Å². The van der Waals surface area contributed by atoms with Gasteiger partial charge in [0, 0.05) is 11.6 Å². The quantitative estimate of drug-likeness (QED) is 0.831. The molecule has 2 unspecified atom stereocenters. The van der Waals surface area contributed by atoms with Crippen molar-refractivity contribution >= 4 is 38.8 Å². The van der Waals surface area contributed by atoms with Gasteiger partial charge < -0.3 is 5.73 Å². The number of hydrogen-bond acceptors (Lipinski definition) is 3. The largest absolute Gasteiger partial charge is 0.389 e. The first-order valence-corrected chi connectivity index (χ1v) is 8.68. The third-order valence-electron chi connectivity index (χ3n) is 3.52. The van der Waals surface area contributed by atoms with Crippen LogP contribution < -0.4 is 10.5 Å². The van der Waals surface area contributed by atoms with E-state index in [-0.39, 0.29) is 20.9 Å². The molecule has 0 aromatic heterocycles. The fourth-order valence-corrected chi connectivity index (χ4v) is 4.40. The van der Waals surface area contributed by atoms with Crippen molar-refractivity contribution in [2.24, 2.45) is 11.7 Å². The summed E-state index contributed by atoms with van der Waals surface area (Å²) in [5.41, 5.74) is 6.02. The highest BCUT2D eigenvalue weighted by Gasteiger charge is 2.27. The van der Waals surface area contributed by atoms with Crippen LogP contribution in [0.25, 0.3) is 0 Å².